The van der Waals surface area contributed by atoms with Crippen molar-refractivity contribution in [1.29, 1.82) is 0 Å². The summed E-state index contributed by atoms with van der Waals surface area (Å²) in [4.78, 5) is 14.0. The first-order valence-corrected chi connectivity index (χ1v) is 8.12. The van der Waals surface area contributed by atoms with Crippen molar-refractivity contribution in [2.24, 2.45) is 0 Å². The van der Waals surface area contributed by atoms with Gasteiger partial charge >= 0.3 is 6.03 Å². The highest BCUT2D eigenvalue weighted by atomic mass is 19.1. The maximum Gasteiger partial charge on any atom is 0.315 e. The van der Waals surface area contributed by atoms with Crippen LogP contribution in [0, 0.1) is 5.82 Å². The molecule has 0 aromatic heterocycles. The summed E-state index contributed by atoms with van der Waals surface area (Å²) < 4.78 is 13.1. The molecule has 0 spiro atoms. The molecule has 134 valence electrons. The number of nitrogens with one attached hydrogen (secondary N) is 2. The lowest BCUT2D eigenvalue weighted by Gasteiger charge is -2.25. The van der Waals surface area contributed by atoms with E-state index in [2.05, 4.69) is 10.6 Å². The standard InChI is InChI=1S/C19H24FN3O2/c1-23(2)18(14-7-9-17(20)10-8-14)12-22-19(25)21-11-15-5-3-4-6-16(15)13-24/h3-10,18,24H,11-13H2,1-2H3,(H2,21,22,25). The molecule has 0 heterocycles. The minimum Gasteiger partial charge on any atom is -0.392 e. The molecule has 0 saturated heterocycles. The summed E-state index contributed by atoms with van der Waals surface area (Å²) in [6.45, 7) is 0.671. The molecule has 5 nitrogen and oxygen atoms in total. The average Bonchev–Trinajstić information content (AvgIpc) is 2.61. The smallest absolute Gasteiger partial charge is 0.315 e. The van der Waals surface area contributed by atoms with Crippen molar-refractivity contribution in [3.63, 3.8) is 0 Å². The van der Waals surface area contributed by atoms with Gasteiger partial charge < -0.3 is 20.6 Å². The normalized spacial score (nSPS) is 12.0. The minimum absolute atomic E-state index is 0.0592. The number of halogens is 1. The number of likely N-dealkylation sites (N-methyl/N-ethyl adjacent to an activating group) is 1. The summed E-state index contributed by atoms with van der Waals surface area (Å²) in [5.41, 5.74) is 2.60. The van der Waals surface area contributed by atoms with Crippen LogP contribution in [0.1, 0.15) is 22.7 Å². The van der Waals surface area contributed by atoms with E-state index < -0.39 is 0 Å². The van der Waals surface area contributed by atoms with Gasteiger partial charge in [0.25, 0.3) is 0 Å². The van der Waals surface area contributed by atoms with Crippen LogP contribution in [0.2, 0.25) is 0 Å². The van der Waals surface area contributed by atoms with Gasteiger partial charge in [-0.2, -0.15) is 0 Å². The number of carbonyl (C=O) groups is 1. The molecule has 2 rings (SSSR count). The van der Waals surface area contributed by atoms with E-state index in [1.54, 1.807) is 12.1 Å². The predicted molar refractivity (Wildman–Crippen MR) is 95.4 cm³/mol. The van der Waals surface area contributed by atoms with E-state index in [0.717, 1.165) is 16.7 Å². The molecular formula is C19H24FN3O2. The Kier molecular flexibility index (Phi) is 6.91. The SMILES string of the molecule is CN(C)C(CNC(=O)NCc1ccccc1CO)c1ccc(F)cc1. The summed E-state index contributed by atoms with van der Waals surface area (Å²) in [5, 5.41) is 14.9. The summed E-state index contributed by atoms with van der Waals surface area (Å²) >= 11 is 0. The molecule has 0 radical (unpaired) electrons. The summed E-state index contributed by atoms with van der Waals surface area (Å²) in [6, 6.07) is 13.3. The van der Waals surface area contributed by atoms with Crippen LogP contribution in [0.3, 0.4) is 0 Å². The zero-order valence-corrected chi connectivity index (χ0v) is 14.5. The van der Waals surface area contributed by atoms with Gasteiger partial charge in [-0.05, 0) is 42.9 Å². The maximum absolute atomic E-state index is 13.1. The van der Waals surface area contributed by atoms with Crippen LogP contribution >= 0.6 is 0 Å². The van der Waals surface area contributed by atoms with Gasteiger partial charge in [0.15, 0.2) is 0 Å². The number of urea groups is 1. The van der Waals surface area contributed by atoms with E-state index in [9.17, 15) is 14.3 Å². The van der Waals surface area contributed by atoms with E-state index in [1.165, 1.54) is 12.1 Å². The number of nitrogens with zero attached hydrogens (tertiary/aromatic N) is 1. The van der Waals surface area contributed by atoms with E-state index in [-0.39, 0.29) is 24.5 Å². The second kappa shape index (κ2) is 9.15. The van der Waals surface area contributed by atoms with Crippen molar-refractivity contribution in [2.75, 3.05) is 20.6 Å². The fraction of sp³-hybridized carbons (Fsp3) is 0.316. The van der Waals surface area contributed by atoms with Crippen LogP contribution in [0.15, 0.2) is 48.5 Å². The van der Waals surface area contributed by atoms with Crippen molar-refractivity contribution in [3.05, 3.63) is 71.0 Å². The summed E-state index contributed by atoms with van der Waals surface area (Å²) in [6.07, 6.45) is 0. The lowest BCUT2D eigenvalue weighted by molar-refractivity contribution is 0.232. The third-order valence-corrected chi connectivity index (χ3v) is 4.06. The van der Waals surface area contributed by atoms with Gasteiger partial charge in [0.1, 0.15) is 5.82 Å². The van der Waals surface area contributed by atoms with Crippen LogP contribution in [-0.2, 0) is 13.2 Å². The van der Waals surface area contributed by atoms with Crippen LogP contribution in [0.5, 0.6) is 0 Å². The topological polar surface area (TPSA) is 64.6 Å². The highest BCUT2D eigenvalue weighted by Gasteiger charge is 2.15. The van der Waals surface area contributed by atoms with Crippen molar-refractivity contribution in [1.82, 2.24) is 15.5 Å². The molecule has 1 atom stereocenters. The molecule has 2 amide bonds. The molecule has 6 heteroatoms. The Morgan fingerprint density at radius 1 is 1.08 bits per heavy atom. The fourth-order valence-electron chi connectivity index (χ4n) is 2.60. The first-order chi connectivity index (χ1) is 12.0. The molecule has 0 aliphatic carbocycles. The molecule has 2 aromatic rings. The second-order valence-electron chi connectivity index (χ2n) is 6.02. The molecule has 0 fully saturated rings. The zero-order valence-electron chi connectivity index (χ0n) is 14.5. The van der Waals surface area contributed by atoms with Gasteiger partial charge in [-0.15, -0.1) is 0 Å². The molecule has 1 unspecified atom stereocenters. The van der Waals surface area contributed by atoms with Crippen LogP contribution in [-0.4, -0.2) is 36.7 Å². The first-order valence-electron chi connectivity index (χ1n) is 8.12. The van der Waals surface area contributed by atoms with E-state index >= 15 is 0 Å². The molecule has 3 N–H and O–H groups in total. The quantitative estimate of drug-likeness (QED) is 0.722. The third kappa shape index (κ3) is 5.55. The Balaban J connectivity index is 1.89. The lowest BCUT2D eigenvalue weighted by atomic mass is 10.1. The molecule has 0 aliphatic rings. The molecule has 0 bridgehead atoms. The number of aliphatic hydroxyl groups excluding tert-OH is 1. The second-order valence-corrected chi connectivity index (χ2v) is 6.02. The number of carbonyl (C=O) groups excluding carboxylic acids is 1. The Hall–Kier alpha value is -2.44. The van der Waals surface area contributed by atoms with Crippen LogP contribution in [0.4, 0.5) is 9.18 Å². The van der Waals surface area contributed by atoms with Crippen LogP contribution < -0.4 is 10.6 Å². The number of rotatable bonds is 7. The Morgan fingerprint density at radius 2 is 1.72 bits per heavy atom. The Morgan fingerprint density at radius 3 is 2.32 bits per heavy atom. The van der Waals surface area contributed by atoms with Gasteiger partial charge in [-0.25, -0.2) is 9.18 Å². The van der Waals surface area contributed by atoms with E-state index in [4.69, 9.17) is 0 Å². The van der Waals surface area contributed by atoms with E-state index in [0.29, 0.717) is 13.1 Å². The number of hydrogen-bond donors (Lipinski definition) is 3. The van der Waals surface area contributed by atoms with Crippen molar-refractivity contribution in [3.8, 4) is 0 Å². The minimum atomic E-state index is -0.290. The maximum atomic E-state index is 13.1. The predicted octanol–water partition coefficient (Wildman–Crippen LogP) is 2.42. The lowest BCUT2D eigenvalue weighted by Crippen LogP contribution is -2.40. The Bertz CT molecular complexity index is 689. The van der Waals surface area contributed by atoms with Gasteiger partial charge in [0.2, 0.25) is 0 Å². The van der Waals surface area contributed by atoms with Gasteiger partial charge in [-0.3, -0.25) is 0 Å². The largest absolute Gasteiger partial charge is 0.392 e. The van der Waals surface area contributed by atoms with Crippen LogP contribution in [0.25, 0.3) is 0 Å². The van der Waals surface area contributed by atoms with Crippen molar-refractivity contribution in [2.45, 2.75) is 19.2 Å². The first kappa shape index (κ1) is 18.9. The number of hydrogen-bond acceptors (Lipinski definition) is 3. The molecule has 0 saturated carbocycles. The molecule has 0 aliphatic heterocycles. The third-order valence-electron chi connectivity index (χ3n) is 4.06. The molecule has 25 heavy (non-hydrogen) atoms. The van der Waals surface area contributed by atoms with E-state index in [1.807, 2.05) is 43.3 Å². The van der Waals surface area contributed by atoms with Gasteiger partial charge in [-0.1, -0.05) is 36.4 Å². The monoisotopic (exact) mass is 345 g/mol. The zero-order chi connectivity index (χ0) is 18.2. The molecular weight excluding hydrogens is 321 g/mol. The highest BCUT2D eigenvalue weighted by molar-refractivity contribution is 5.73. The number of benzene rings is 2. The Labute approximate surface area is 147 Å². The average molecular weight is 345 g/mol. The number of amides is 2. The van der Waals surface area contributed by atoms with Crippen molar-refractivity contribution >= 4 is 6.03 Å². The van der Waals surface area contributed by atoms with Gasteiger partial charge in [0.05, 0.1) is 12.6 Å². The fourth-order valence-corrected chi connectivity index (χ4v) is 2.60. The number of aliphatic hydroxyl groups is 1. The summed E-state index contributed by atoms with van der Waals surface area (Å²) in [7, 11) is 3.82. The highest BCUT2D eigenvalue weighted by Crippen LogP contribution is 2.17. The van der Waals surface area contributed by atoms with Crippen molar-refractivity contribution < 1.29 is 14.3 Å². The van der Waals surface area contributed by atoms with Gasteiger partial charge in [0, 0.05) is 13.1 Å². The summed E-state index contributed by atoms with van der Waals surface area (Å²) in [5.74, 6) is -0.283. The molecule has 2 aromatic carbocycles.